The van der Waals surface area contributed by atoms with E-state index in [2.05, 4.69) is 10.6 Å². The van der Waals surface area contributed by atoms with Crippen LogP contribution in [0.3, 0.4) is 0 Å². The first-order valence-corrected chi connectivity index (χ1v) is 6.21. The largest absolute Gasteiger partial charge is 0.347 e. The Morgan fingerprint density at radius 3 is 2.20 bits per heavy atom. The van der Waals surface area contributed by atoms with Crippen molar-refractivity contribution in [3.8, 4) is 0 Å². The van der Waals surface area contributed by atoms with Gasteiger partial charge in [0.1, 0.15) is 0 Å². The van der Waals surface area contributed by atoms with E-state index in [1.165, 1.54) is 0 Å². The van der Waals surface area contributed by atoms with Crippen molar-refractivity contribution >= 4 is 22.6 Å². The van der Waals surface area contributed by atoms with E-state index < -0.39 is 22.6 Å². The molecule has 1 atom stereocenters. The maximum absolute atomic E-state index is 11.1. The van der Waals surface area contributed by atoms with Crippen molar-refractivity contribution in [2.75, 3.05) is 31.1 Å². The number of amides is 2. The van der Waals surface area contributed by atoms with Crippen LogP contribution >= 0.6 is 0 Å². The second-order valence-electron chi connectivity index (χ2n) is 2.73. The average Bonchev–Trinajstić information content (AvgIpc) is 2.25. The van der Waals surface area contributed by atoms with Gasteiger partial charge in [-0.3, -0.25) is 13.8 Å². The Hall–Kier alpha value is -0.950. The predicted octanol–water partition coefficient (Wildman–Crippen LogP) is -2.05. The van der Waals surface area contributed by atoms with Crippen LogP contribution in [0.5, 0.6) is 0 Å². The predicted molar refractivity (Wildman–Crippen MR) is 58.6 cm³/mol. The van der Waals surface area contributed by atoms with E-state index in [4.69, 9.17) is 5.73 Å². The van der Waals surface area contributed by atoms with E-state index in [9.17, 15) is 13.8 Å². The molecule has 0 saturated carbocycles. The second-order valence-corrected chi connectivity index (χ2v) is 4.60. The molecule has 2 amide bonds. The summed E-state index contributed by atoms with van der Waals surface area (Å²) < 4.78 is 11.0. The highest BCUT2D eigenvalue weighted by molar-refractivity contribution is 7.84. The van der Waals surface area contributed by atoms with Crippen LogP contribution in [0.1, 0.15) is 6.92 Å². The molecule has 0 rings (SSSR count). The van der Waals surface area contributed by atoms with Crippen molar-refractivity contribution in [3.63, 3.8) is 0 Å². The molecule has 7 heteroatoms. The smallest absolute Gasteiger partial charge is 0.309 e. The molecule has 0 aliphatic carbocycles. The Morgan fingerprint density at radius 2 is 1.73 bits per heavy atom. The van der Waals surface area contributed by atoms with E-state index >= 15 is 0 Å². The summed E-state index contributed by atoms with van der Waals surface area (Å²) in [5, 5.41) is 4.70. The Kier molecular flexibility index (Phi) is 7.84. The molecule has 0 fully saturated rings. The third-order valence-electron chi connectivity index (χ3n) is 1.57. The molecule has 6 nitrogen and oxygen atoms in total. The normalized spacial score (nSPS) is 11.9. The number of carbonyl (C=O) groups is 2. The molecule has 0 aromatic rings. The molecule has 0 bridgehead atoms. The van der Waals surface area contributed by atoms with Crippen molar-refractivity contribution in [1.29, 1.82) is 0 Å². The molecule has 0 aromatic carbocycles. The first-order chi connectivity index (χ1) is 7.11. The topological polar surface area (TPSA) is 101 Å². The van der Waals surface area contributed by atoms with Crippen molar-refractivity contribution in [3.05, 3.63) is 0 Å². The molecular formula is C8H17N3O3S. The molecule has 0 spiro atoms. The number of hydrogen-bond donors (Lipinski definition) is 3. The number of nitrogens with two attached hydrogens (primary N) is 1. The number of hydrogen-bond acceptors (Lipinski definition) is 4. The zero-order valence-corrected chi connectivity index (χ0v) is 9.56. The van der Waals surface area contributed by atoms with Gasteiger partial charge in [0.25, 0.3) is 0 Å². The summed E-state index contributed by atoms with van der Waals surface area (Å²) in [6.45, 7) is 2.60. The monoisotopic (exact) mass is 235 g/mol. The van der Waals surface area contributed by atoms with Gasteiger partial charge in [-0.1, -0.05) is 6.92 Å². The second kappa shape index (κ2) is 8.37. The first kappa shape index (κ1) is 14.1. The summed E-state index contributed by atoms with van der Waals surface area (Å²) in [7, 11) is -0.928. The fourth-order valence-corrected chi connectivity index (χ4v) is 1.39. The van der Waals surface area contributed by atoms with Crippen molar-refractivity contribution in [2.45, 2.75) is 6.92 Å². The third-order valence-corrected chi connectivity index (χ3v) is 2.88. The van der Waals surface area contributed by atoms with Gasteiger partial charge in [-0.15, -0.1) is 0 Å². The van der Waals surface area contributed by atoms with Crippen LogP contribution < -0.4 is 16.4 Å². The minimum absolute atomic E-state index is 0.245. The van der Waals surface area contributed by atoms with E-state index in [0.717, 1.165) is 0 Å². The number of carbonyl (C=O) groups excluding carboxylic acids is 2. The molecule has 1 unspecified atom stereocenters. The van der Waals surface area contributed by atoms with Crippen LogP contribution in [0.15, 0.2) is 0 Å². The van der Waals surface area contributed by atoms with Crippen LogP contribution in [0, 0.1) is 0 Å². The minimum Gasteiger partial charge on any atom is -0.347 e. The quantitative estimate of drug-likeness (QED) is 0.461. The Labute approximate surface area is 91.4 Å². The van der Waals surface area contributed by atoms with Gasteiger partial charge in [0.05, 0.1) is 0 Å². The number of nitrogens with one attached hydrogen (secondary N) is 2. The minimum atomic E-state index is -0.928. The SMILES string of the molecule is CCS(=O)CCNC(=O)C(=O)NCCN. The standard InChI is InChI=1S/C8H17N3O3S/c1-2-15(14)6-5-11-8(13)7(12)10-4-3-9/h2-6,9H2,1H3,(H,10,12)(H,11,13). The lowest BCUT2D eigenvalue weighted by Gasteiger charge is -2.04. The third kappa shape index (κ3) is 7.03. The van der Waals surface area contributed by atoms with Crippen molar-refractivity contribution < 1.29 is 13.8 Å². The molecular weight excluding hydrogens is 218 g/mol. The maximum Gasteiger partial charge on any atom is 0.309 e. The van der Waals surface area contributed by atoms with E-state index in [1.807, 2.05) is 0 Å². The lowest BCUT2D eigenvalue weighted by molar-refractivity contribution is -0.139. The molecule has 0 aromatic heterocycles. The van der Waals surface area contributed by atoms with Crippen molar-refractivity contribution in [2.24, 2.45) is 5.73 Å². The Bertz CT molecular complexity index is 245. The van der Waals surface area contributed by atoms with Gasteiger partial charge in [0, 0.05) is 41.9 Å². The van der Waals surface area contributed by atoms with Gasteiger partial charge in [0.2, 0.25) is 0 Å². The Morgan fingerprint density at radius 1 is 1.20 bits per heavy atom. The highest BCUT2D eigenvalue weighted by Crippen LogP contribution is 1.79. The lowest BCUT2D eigenvalue weighted by atomic mass is 10.5. The summed E-state index contributed by atoms with van der Waals surface area (Å²) in [4.78, 5) is 22.0. The molecule has 0 radical (unpaired) electrons. The fraction of sp³-hybridized carbons (Fsp3) is 0.750. The van der Waals surface area contributed by atoms with Crippen LogP contribution in [-0.4, -0.2) is 47.2 Å². The highest BCUT2D eigenvalue weighted by Gasteiger charge is 2.11. The Balaban J connectivity index is 3.64. The van der Waals surface area contributed by atoms with Crippen molar-refractivity contribution in [1.82, 2.24) is 10.6 Å². The highest BCUT2D eigenvalue weighted by atomic mass is 32.2. The van der Waals surface area contributed by atoms with E-state index in [0.29, 0.717) is 18.1 Å². The van der Waals surface area contributed by atoms with Gasteiger partial charge in [-0.05, 0) is 0 Å². The van der Waals surface area contributed by atoms with Gasteiger partial charge in [-0.2, -0.15) is 0 Å². The summed E-state index contributed by atoms with van der Waals surface area (Å²) in [5.41, 5.74) is 5.15. The summed E-state index contributed by atoms with van der Waals surface area (Å²) in [5.74, 6) is -0.499. The molecule has 0 aliphatic heterocycles. The molecule has 0 saturated heterocycles. The summed E-state index contributed by atoms with van der Waals surface area (Å²) >= 11 is 0. The van der Waals surface area contributed by atoms with Crippen LogP contribution in [-0.2, 0) is 20.4 Å². The van der Waals surface area contributed by atoms with E-state index in [1.54, 1.807) is 6.92 Å². The zero-order valence-electron chi connectivity index (χ0n) is 8.75. The van der Waals surface area contributed by atoms with Crippen LogP contribution in [0.25, 0.3) is 0 Å². The van der Waals surface area contributed by atoms with Crippen LogP contribution in [0.2, 0.25) is 0 Å². The average molecular weight is 235 g/mol. The lowest BCUT2D eigenvalue weighted by Crippen LogP contribution is -2.42. The summed E-state index contributed by atoms with van der Waals surface area (Å²) in [6.07, 6.45) is 0. The van der Waals surface area contributed by atoms with Gasteiger partial charge < -0.3 is 16.4 Å². The molecule has 88 valence electrons. The fourth-order valence-electron chi connectivity index (χ4n) is 0.769. The first-order valence-electron chi connectivity index (χ1n) is 4.72. The molecule has 15 heavy (non-hydrogen) atoms. The van der Waals surface area contributed by atoms with Gasteiger partial charge in [0.15, 0.2) is 0 Å². The van der Waals surface area contributed by atoms with Gasteiger partial charge >= 0.3 is 11.8 Å². The molecule has 4 N–H and O–H groups in total. The molecule has 0 aliphatic rings. The molecule has 0 heterocycles. The van der Waals surface area contributed by atoms with Gasteiger partial charge in [-0.25, -0.2) is 0 Å². The zero-order chi connectivity index (χ0) is 11.7. The van der Waals surface area contributed by atoms with Crippen LogP contribution in [0.4, 0.5) is 0 Å². The maximum atomic E-state index is 11.1. The summed E-state index contributed by atoms with van der Waals surface area (Å²) in [6, 6.07) is 0. The van der Waals surface area contributed by atoms with E-state index in [-0.39, 0.29) is 13.1 Å². The number of rotatable bonds is 6.